The van der Waals surface area contributed by atoms with Gasteiger partial charge in [-0.25, -0.2) is 0 Å². The summed E-state index contributed by atoms with van der Waals surface area (Å²) in [6.45, 7) is 0. The molecule has 1 fully saturated rings. The number of hydrogen-bond acceptors (Lipinski definition) is 4. The van der Waals surface area contributed by atoms with Gasteiger partial charge in [0, 0.05) is 23.9 Å². The van der Waals surface area contributed by atoms with Crippen molar-refractivity contribution in [2.24, 2.45) is 11.7 Å². The van der Waals surface area contributed by atoms with E-state index in [1.807, 2.05) is 0 Å². The van der Waals surface area contributed by atoms with Gasteiger partial charge < -0.3 is 11.1 Å². The van der Waals surface area contributed by atoms with Gasteiger partial charge in [0.05, 0.1) is 10.8 Å². The number of amides is 1. The molecular weight excluding hydrogens is 246 g/mol. The van der Waals surface area contributed by atoms with Crippen molar-refractivity contribution >= 4 is 17.3 Å². The second-order valence-corrected chi connectivity index (χ2v) is 4.85. The predicted molar refractivity (Wildman–Crippen MR) is 71.7 cm³/mol. The Balaban J connectivity index is 2.00. The number of nitrogens with one attached hydrogen (secondary N) is 1. The molecule has 1 saturated carbocycles. The summed E-state index contributed by atoms with van der Waals surface area (Å²) >= 11 is 0. The quantitative estimate of drug-likeness (QED) is 0.644. The Morgan fingerprint density at radius 3 is 2.47 bits per heavy atom. The monoisotopic (exact) mass is 263 g/mol. The number of non-ortho nitro benzene ring substituents is 1. The fourth-order valence-corrected chi connectivity index (χ4v) is 2.39. The van der Waals surface area contributed by atoms with E-state index in [9.17, 15) is 14.9 Å². The van der Waals surface area contributed by atoms with Gasteiger partial charge in [-0.1, -0.05) is 12.8 Å². The van der Waals surface area contributed by atoms with Gasteiger partial charge in [-0.15, -0.1) is 0 Å². The van der Waals surface area contributed by atoms with E-state index in [-0.39, 0.29) is 23.6 Å². The van der Waals surface area contributed by atoms with Gasteiger partial charge >= 0.3 is 0 Å². The van der Waals surface area contributed by atoms with Crippen molar-refractivity contribution in [3.05, 3.63) is 34.4 Å². The molecule has 1 aliphatic rings. The zero-order valence-corrected chi connectivity index (χ0v) is 10.5. The van der Waals surface area contributed by atoms with Crippen LogP contribution in [0.1, 0.15) is 25.7 Å². The van der Waals surface area contributed by atoms with Gasteiger partial charge in [0.15, 0.2) is 0 Å². The summed E-state index contributed by atoms with van der Waals surface area (Å²) in [5, 5.41) is 13.3. The lowest BCUT2D eigenvalue weighted by molar-refractivity contribution is -0.384. The van der Waals surface area contributed by atoms with Crippen LogP contribution in [-0.2, 0) is 4.79 Å². The van der Waals surface area contributed by atoms with Crippen molar-refractivity contribution < 1.29 is 9.72 Å². The van der Waals surface area contributed by atoms with E-state index in [4.69, 9.17) is 5.73 Å². The lowest BCUT2D eigenvalue weighted by Gasteiger charge is -2.27. The number of hydrogen-bond donors (Lipinski definition) is 2. The largest absolute Gasteiger partial charge is 0.327 e. The topological polar surface area (TPSA) is 98.3 Å². The van der Waals surface area contributed by atoms with Crippen LogP contribution in [0.3, 0.4) is 0 Å². The maximum absolute atomic E-state index is 12.1. The van der Waals surface area contributed by atoms with Crippen LogP contribution in [0.2, 0.25) is 0 Å². The first-order chi connectivity index (χ1) is 9.08. The molecule has 102 valence electrons. The van der Waals surface area contributed by atoms with Crippen LogP contribution in [0.5, 0.6) is 0 Å². The molecule has 19 heavy (non-hydrogen) atoms. The van der Waals surface area contributed by atoms with Crippen molar-refractivity contribution in [1.82, 2.24) is 0 Å². The number of rotatable bonds is 3. The Morgan fingerprint density at radius 1 is 1.26 bits per heavy atom. The normalized spacial score (nSPS) is 22.8. The van der Waals surface area contributed by atoms with Crippen LogP contribution >= 0.6 is 0 Å². The molecule has 6 nitrogen and oxygen atoms in total. The molecule has 1 aromatic rings. The van der Waals surface area contributed by atoms with E-state index in [0.29, 0.717) is 5.69 Å². The van der Waals surface area contributed by atoms with Crippen LogP contribution in [0.25, 0.3) is 0 Å². The summed E-state index contributed by atoms with van der Waals surface area (Å²) < 4.78 is 0. The van der Waals surface area contributed by atoms with Crippen LogP contribution in [0, 0.1) is 16.0 Å². The molecule has 1 aromatic carbocycles. The van der Waals surface area contributed by atoms with E-state index in [1.54, 1.807) is 0 Å². The minimum atomic E-state index is -0.470. The average Bonchev–Trinajstić information content (AvgIpc) is 2.39. The molecule has 6 heteroatoms. The van der Waals surface area contributed by atoms with Gasteiger partial charge in [-0.3, -0.25) is 14.9 Å². The van der Waals surface area contributed by atoms with E-state index in [2.05, 4.69) is 5.32 Å². The minimum absolute atomic E-state index is 0.00682. The van der Waals surface area contributed by atoms with E-state index >= 15 is 0 Å². The number of nitro benzene ring substituents is 1. The second-order valence-electron chi connectivity index (χ2n) is 4.85. The summed E-state index contributed by atoms with van der Waals surface area (Å²) in [5.41, 5.74) is 6.52. The lowest BCUT2D eigenvalue weighted by atomic mass is 9.84. The van der Waals surface area contributed by atoms with Gasteiger partial charge in [0.1, 0.15) is 0 Å². The summed E-state index contributed by atoms with van der Waals surface area (Å²) in [7, 11) is 0. The highest BCUT2D eigenvalue weighted by Gasteiger charge is 2.28. The molecule has 0 heterocycles. The SMILES string of the molecule is NC1CCCCC1C(=O)Nc1ccc([N+](=O)[O-])cc1. The van der Waals surface area contributed by atoms with Crippen molar-refractivity contribution in [2.75, 3.05) is 5.32 Å². The third-order valence-electron chi connectivity index (χ3n) is 3.50. The zero-order chi connectivity index (χ0) is 13.8. The number of nitrogens with two attached hydrogens (primary N) is 1. The Hall–Kier alpha value is -1.95. The molecule has 2 unspecified atom stereocenters. The molecule has 2 atom stereocenters. The number of nitrogens with zero attached hydrogens (tertiary/aromatic N) is 1. The van der Waals surface area contributed by atoms with E-state index in [1.165, 1.54) is 24.3 Å². The van der Waals surface area contributed by atoms with Gasteiger partial charge in [0.2, 0.25) is 5.91 Å². The van der Waals surface area contributed by atoms with Crippen LogP contribution in [0.4, 0.5) is 11.4 Å². The highest BCUT2D eigenvalue weighted by Crippen LogP contribution is 2.24. The molecular formula is C13H17N3O3. The van der Waals surface area contributed by atoms with Gasteiger partial charge in [-0.2, -0.15) is 0 Å². The lowest BCUT2D eigenvalue weighted by Crippen LogP contribution is -2.40. The van der Waals surface area contributed by atoms with E-state index < -0.39 is 4.92 Å². The summed E-state index contributed by atoms with van der Waals surface area (Å²) in [4.78, 5) is 22.1. The van der Waals surface area contributed by atoms with Crippen molar-refractivity contribution in [2.45, 2.75) is 31.7 Å². The van der Waals surface area contributed by atoms with Crippen molar-refractivity contribution in [1.29, 1.82) is 0 Å². The fraction of sp³-hybridized carbons (Fsp3) is 0.462. The maximum atomic E-state index is 12.1. The highest BCUT2D eigenvalue weighted by atomic mass is 16.6. The fourth-order valence-electron chi connectivity index (χ4n) is 2.39. The molecule has 2 rings (SSSR count). The second kappa shape index (κ2) is 5.79. The minimum Gasteiger partial charge on any atom is -0.327 e. The molecule has 0 bridgehead atoms. The predicted octanol–water partition coefficient (Wildman–Crippen LogP) is 2.05. The van der Waals surface area contributed by atoms with Crippen LogP contribution in [0.15, 0.2) is 24.3 Å². The standard InChI is InChI=1S/C13H17N3O3/c14-12-4-2-1-3-11(12)13(17)15-9-5-7-10(8-6-9)16(18)19/h5-8,11-12H,1-4,14H2,(H,15,17). The van der Waals surface area contributed by atoms with Crippen molar-refractivity contribution in [3.63, 3.8) is 0 Å². The Bertz CT molecular complexity index is 473. The third-order valence-corrected chi connectivity index (χ3v) is 3.50. The summed E-state index contributed by atoms with van der Waals surface area (Å²) in [6.07, 6.45) is 3.77. The first-order valence-corrected chi connectivity index (χ1v) is 6.39. The smallest absolute Gasteiger partial charge is 0.269 e. The van der Waals surface area contributed by atoms with Gasteiger partial charge in [-0.05, 0) is 25.0 Å². The number of anilines is 1. The number of carbonyl (C=O) groups is 1. The number of nitro groups is 1. The molecule has 3 N–H and O–H groups in total. The van der Waals surface area contributed by atoms with E-state index in [0.717, 1.165) is 25.7 Å². The maximum Gasteiger partial charge on any atom is 0.269 e. The van der Waals surface area contributed by atoms with Crippen LogP contribution in [-0.4, -0.2) is 16.9 Å². The van der Waals surface area contributed by atoms with Crippen LogP contribution < -0.4 is 11.1 Å². The first kappa shape index (κ1) is 13.5. The number of benzene rings is 1. The molecule has 1 amide bonds. The Morgan fingerprint density at radius 2 is 1.89 bits per heavy atom. The molecule has 0 saturated heterocycles. The van der Waals surface area contributed by atoms with Gasteiger partial charge in [0.25, 0.3) is 5.69 Å². The average molecular weight is 263 g/mol. The molecule has 0 spiro atoms. The third kappa shape index (κ3) is 3.29. The first-order valence-electron chi connectivity index (χ1n) is 6.39. The summed E-state index contributed by atoms with van der Waals surface area (Å²) in [6, 6.07) is 5.72. The highest BCUT2D eigenvalue weighted by molar-refractivity contribution is 5.93. The number of carbonyl (C=O) groups excluding carboxylic acids is 1. The van der Waals surface area contributed by atoms with Crippen molar-refractivity contribution in [3.8, 4) is 0 Å². The molecule has 0 aromatic heterocycles. The Labute approximate surface area is 111 Å². The summed E-state index contributed by atoms with van der Waals surface area (Å²) in [5.74, 6) is -0.259. The molecule has 0 aliphatic heterocycles. The molecule has 0 radical (unpaired) electrons. The zero-order valence-electron chi connectivity index (χ0n) is 10.5. The molecule has 1 aliphatic carbocycles. The Kier molecular flexibility index (Phi) is 4.11.